The van der Waals surface area contributed by atoms with Crippen LogP contribution in [0, 0.1) is 6.92 Å². The van der Waals surface area contributed by atoms with Crippen LogP contribution < -0.4 is 5.73 Å². The maximum atomic E-state index is 6.34. The molecule has 2 aromatic carbocycles. The van der Waals surface area contributed by atoms with Gasteiger partial charge in [-0.25, -0.2) is 0 Å². The number of fused-ring (bicyclic) bond motifs is 2. The highest BCUT2D eigenvalue weighted by molar-refractivity contribution is 6.31. The molecule has 3 nitrogen and oxygen atoms in total. The highest BCUT2D eigenvalue weighted by Gasteiger charge is 2.15. The molecule has 2 aromatic heterocycles. The van der Waals surface area contributed by atoms with Crippen molar-refractivity contribution in [2.45, 2.75) is 26.2 Å². The Morgan fingerprint density at radius 1 is 1.12 bits per heavy atom. The van der Waals surface area contributed by atoms with E-state index in [1.54, 1.807) is 0 Å². The van der Waals surface area contributed by atoms with Crippen LogP contribution in [0.4, 0.5) is 0 Å². The average molecular weight is 364 g/mol. The summed E-state index contributed by atoms with van der Waals surface area (Å²) in [6.45, 7) is 2.81. The van der Waals surface area contributed by atoms with Crippen LogP contribution in [0.15, 0.2) is 48.7 Å². The largest absolute Gasteiger partial charge is 0.354 e. The van der Waals surface area contributed by atoms with Crippen molar-refractivity contribution in [3.63, 3.8) is 0 Å². The van der Waals surface area contributed by atoms with Crippen LogP contribution in [0.25, 0.3) is 33.1 Å². The Kier molecular flexibility index (Phi) is 4.66. The molecule has 0 spiro atoms. The molecule has 0 bridgehead atoms. The number of aryl methyl sites for hydroxylation is 2. The molecular weight excluding hydrogens is 342 g/mol. The fourth-order valence-corrected chi connectivity index (χ4v) is 3.91. The lowest BCUT2D eigenvalue weighted by molar-refractivity contribution is 0.748. The van der Waals surface area contributed by atoms with Crippen molar-refractivity contribution >= 4 is 33.4 Å². The molecule has 0 aliphatic heterocycles. The number of H-pyrrole nitrogens is 1. The van der Waals surface area contributed by atoms with Gasteiger partial charge in [-0.05, 0) is 68.1 Å². The zero-order valence-electron chi connectivity index (χ0n) is 14.8. The van der Waals surface area contributed by atoms with Gasteiger partial charge in [-0.1, -0.05) is 29.8 Å². The van der Waals surface area contributed by atoms with Crippen molar-refractivity contribution in [2.75, 3.05) is 6.54 Å². The number of aromatic nitrogens is 2. The zero-order valence-corrected chi connectivity index (χ0v) is 15.6. The highest BCUT2D eigenvalue weighted by atomic mass is 35.5. The van der Waals surface area contributed by atoms with Crippen molar-refractivity contribution in [2.24, 2.45) is 5.73 Å². The average Bonchev–Trinajstić information content (AvgIpc) is 3.00. The number of nitrogens with zero attached hydrogens (tertiary/aromatic N) is 1. The summed E-state index contributed by atoms with van der Waals surface area (Å²) >= 11 is 6.34. The van der Waals surface area contributed by atoms with E-state index in [0.29, 0.717) is 0 Å². The van der Waals surface area contributed by atoms with E-state index in [9.17, 15) is 0 Å². The normalized spacial score (nSPS) is 11.5. The lowest BCUT2D eigenvalue weighted by Gasteiger charge is -2.06. The minimum atomic E-state index is 0.717. The second-order valence-electron chi connectivity index (χ2n) is 6.79. The van der Waals surface area contributed by atoms with E-state index in [-0.39, 0.29) is 0 Å². The van der Waals surface area contributed by atoms with Crippen molar-refractivity contribution in [3.05, 3.63) is 64.8 Å². The van der Waals surface area contributed by atoms with E-state index in [2.05, 4.69) is 35.1 Å². The van der Waals surface area contributed by atoms with Gasteiger partial charge in [0.1, 0.15) is 0 Å². The fourth-order valence-electron chi connectivity index (χ4n) is 3.64. The van der Waals surface area contributed by atoms with Gasteiger partial charge in [-0.2, -0.15) is 0 Å². The summed E-state index contributed by atoms with van der Waals surface area (Å²) < 4.78 is 0. The summed E-state index contributed by atoms with van der Waals surface area (Å²) in [5.74, 6) is 0. The first-order valence-electron chi connectivity index (χ1n) is 9.03. The number of para-hydroxylation sites is 1. The number of rotatable bonds is 5. The molecule has 0 saturated carbocycles. The first kappa shape index (κ1) is 17.1. The van der Waals surface area contributed by atoms with E-state index >= 15 is 0 Å². The Labute approximate surface area is 158 Å². The van der Waals surface area contributed by atoms with Crippen molar-refractivity contribution in [1.82, 2.24) is 9.97 Å². The standard InChI is InChI=1S/C22H22ClN3/c1-14-10-17(23)12-19-18(7-4-5-9-24)22(26-21(14)19)16-11-15-6-2-3-8-20(15)25-13-16/h2-3,6,8,10-13,26H,4-5,7,9,24H2,1H3. The van der Waals surface area contributed by atoms with Gasteiger partial charge in [0.15, 0.2) is 0 Å². The lowest BCUT2D eigenvalue weighted by Crippen LogP contribution is -1.99. The van der Waals surface area contributed by atoms with E-state index in [1.165, 1.54) is 10.9 Å². The molecule has 0 aliphatic carbocycles. The van der Waals surface area contributed by atoms with Crippen molar-refractivity contribution in [3.8, 4) is 11.3 Å². The molecule has 0 aliphatic rings. The van der Waals surface area contributed by atoms with Crippen LogP contribution in [-0.4, -0.2) is 16.5 Å². The van der Waals surface area contributed by atoms with Crippen LogP contribution in [0.3, 0.4) is 0 Å². The molecule has 26 heavy (non-hydrogen) atoms. The van der Waals surface area contributed by atoms with E-state index < -0.39 is 0 Å². The van der Waals surface area contributed by atoms with Gasteiger partial charge >= 0.3 is 0 Å². The number of hydrogen-bond donors (Lipinski definition) is 2. The lowest BCUT2D eigenvalue weighted by atomic mass is 9.99. The Morgan fingerprint density at radius 3 is 2.81 bits per heavy atom. The Bertz CT molecular complexity index is 1080. The van der Waals surface area contributed by atoms with Gasteiger partial charge < -0.3 is 10.7 Å². The predicted octanol–water partition coefficient (Wildman–Crippen LogP) is 5.63. The van der Waals surface area contributed by atoms with Crippen LogP contribution in [0.2, 0.25) is 5.02 Å². The smallest absolute Gasteiger partial charge is 0.0702 e. The molecule has 0 atom stereocenters. The molecular formula is C22H22ClN3. The van der Waals surface area contributed by atoms with Crippen LogP contribution >= 0.6 is 11.6 Å². The number of nitrogens with one attached hydrogen (secondary N) is 1. The molecule has 0 radical (unpaired) electrons. The molecule has 4 aromatic rings. The number of nitrogens with two attached hydrogens (primary N) is 1. The third kappa shape index (κ3) is 3.09. The number of benzene rings is 2. The predicted molar refractivity (Wildman–Crippen MR) is 111 cm³/mol. The van der Waals surface area contributed by atoms with Crippen LogP contribution in [0.5, 0.6) is 0 Å². The Hall–Kier alpha value is -2.36. The molecule has 4 rings (SSSR count). The summed E-state index contributed by atoms with van der Waals surface area (Å²) in [7, 11) is 0. The zero-order chi connectivity index (χ0) is 18.1. The topological polar surface area (TPSA) is 54.7 Å². The number of halogens is 1. The van der Waals surface area contributed by atoms with Crippen LogP contribution in [-0.2, 0) is 6.42 Å². The van der Waals surface area contributed by atoms with Crippen LogP contribution in [0.1, 0.15) is 24.0 Å². The van der Waals surface area contributed by atoms with Crippen molar-refractivity contribution < 1.29 is 0 Å². The second-order valence-corrected chi connectivity index (χ2v) is 7.22. The summed E-state index contributed by atoms with van der Waals surface area (Å²) in [4.78, 5) is 8.28. The molecule has 2 heterocycles. The minimum Gasteiger partial charge on any atom is -0.354 e. The third-order valence-electron chi connectivity index (χ3n) is 4.94. The second kappa shape index (κ2) is 7.10. The van der Waals surface area contributed by atoms with Gasteiger partial charge in [0.2, 0.25) is 0 Å². The molecule has 0 saturated heterocycles. The third-order valence-corrected chi connectivity index (χ3v) is 5.16. The number of aromatic amines is 1. The number of unbranched alkanes of at least 4 members (excludes halogenated alkanes) is 1. The maximum Gasteiger partial charge on any atom is 0.0702 e. The van der Waals surface area contributed by atoms with E-state index in [4.69, 9.17) is 17.3 Å². The summed E-state index contributed by atoms with van der Waals surface area (Å²) in [5.41, 5.74) is 12.6. The Morgan fingerprint density at radius 2 is 1.96 bits per heavy atom. The SMILES string of the molecule is Cc1cc(Cl)cc2c(CCCCN)c(-c3cnc4ccccc4c3)[nH]c12. The van der Waals surface area contributed by atoms with Gasteiger partial charge in [-0.3, -0.25) is 4.98 Å². The minimum absolute atomic E-state index is 0.717. The van der Waals surface area contributed by atoms with Crippen molar-refractivity contribution in [1.29, 1.82) is 0 Å². The van der Waals surface area contributed by atoms with Gasteiger partial charge in [0, 0.05) is 33.1 Å². The molecule has 4 heteroatoms. The summed E-state index contributed by atoms with van der Waals surface area (Å²) in [5, 5.41) is 3.12. The van der Waals surface area contributed by atoms with E-state index in [1.807, 2.05) is 30.5 Å². The fraction of sp³-hybridized carbons (Fsp3) is 0.227. The summed E-state index contributed by atoms with van der Waals surface area (Å²) in [6.07, 6.45) is 5.00. The highest BCUT2D eigenvalue weighted by Crippen LogP contribution is 2.35. The van der Waals surface area contributed by atoms with Gasteiger partial charge in [-0.15, -0.1) is 0 Å². The summed E-state index contributed by atoms with van der Waals surface area (Å²) in [6, 6.07) is 14.5. The molecule has 0 unspecified atom stereocenters. The quantitative estimate of drug-likeness (QED) is 0.452. The monoisotopic (exact) mass is 363 g/mol. The molecule has 0 fully saturated rings. The van der Waals surface area contributed by atoms with E-state index in [0.717, 1.165) is 64.1 Å². The molecule has 0 amide bonds. The maximum absolute atomic E-state index is 6.34. The molecule has 3 N–H and O–H groups in total. The van der Waals surface area contributed by atoms with Gasteiger partial charge in [0.05, 0.1) is 11.2 Å². The molecule has 132 valence electrons. The van der Waals surface area contributed by atoms with Gasteiger partial charge in [0.25, 0.3) is 0 Å². The first-order valence-corrected chi connectivity index (χ1v) is 9.41. The number of pyridine rings is 1. The number of hydrogen-bond acceptors (Lipinski definition) is 2. The first-order chi connectivity index (χ1) is 12.7. The Balaban J connectivity index is 1.91.